The number of hydrogen-bond acceptors (Lipinski definition) is 6. The lowest BCUT2D eigenvalue weighted by Crippen LogP contribution is -2.27. The molecule has 2 N–H and O–H groups in total. The molecule has 0 saturated carbocycles. The molecule has 28 heavy (non-hydrogen) atoms. The zero-order valence-corrected chi connectivity index (χ0v) is 17.4. The molecule has 1 aliphatic rings. The summed E-state index contributed by atoms with van der Waals surface area (Å²) in [6.07, 6.45) is 1.86. The number of amides is 1. The lowest BCUT2D eigenvalue weighted by Gasteiger charge is -2.21. The molecule has 0 aliphatic carbocycles. The molecule has 1 aliphatic heterocycles. The Morgan fingerprint density at radius 1 is 1.11 bits per heavy atom. The molecular formula is C19H22N2O5S2. The molecule has 0 spiro atoms. The number of anilines is 1. The Morgan fingerprint density at radius 2 is 1.82 bits per heavy atom. The summed E-state index contributed by atoms with van der Waals surface area (Å²) in [5, 5.41) is 2.67. The number of rotatable bonds is 6. The first-order valence-corrected chi connectivity index (χ1v) is 11.4. The van der Waals surface area contributed by atoms with Crippen LogP contribution in [0.3, 0.4) is 0 Å². The molecule has 7 nitrogen and oxygen atoms in total. The molecule has 0 aromatic heterocycles. The van der Waals surface area contributed by atoms with E-state index in [9.17, 15) is 13.2 Å². The summed E-state index contributed by atoms with van der Waals surface area (Å²) in [6.45, 7) is 4.10. The second kappa shape index (κ2) is 8.42. The summed E-state index contributed by atoms with van der Waals surface area (Å²) in [7, 11) is -3.79. The van der Waals surface area contributed by atoms with E-state index in [4.69, 9.17) is 9.47 Å². The minimum absolute atomic E-state index is 0.0819. The first-order valence-electron chi connectivity index (χ1n) is 8.67. The highest BCUT2D eigenvalue weighted by Gasteiger charge is 2.21. The predicted molar refractivity (Wildman–Crippen MR) is 109 cm³/mol. The number of fused-ring (bicyclic) bond motifs is 1. The molecule has 0 saturated heterocycles. The second-order valence-electron chi connectivity index (χ2n) is 6.29. The normalized spacial score (nSPS) is 14.4. The van der Waals surface area contributed by atoms with Crippen LogP contribution in [0.1, 0.15) is 25.5 Å². The van der Waals surface area contributed by atoms with Gasteiger partial charge in [0.05, 0.1) is 10.6 Å². The van der Waals surface area contributed by atoms with Crippen molar-refractivity contribution in [1.82, 2.24) is 4.72 Å². The van der Waals surface area contributed by atoms with Gasteiger partial charge in [0.25, 0.3) is 0 Å². The van der Waals surface area contributed by atoms with Crippen LogP contribution in [0.25, 0.3) is 0 Å². The number of benzene rings is 2. The fourth-order valence-corrected chi connectivity index (χ4v) is 4.63. The van der Waals surface area contributed by atoms with Crippen LogP contribution in [-0.2, 0) is 14.8 Å². The first kappa shape index (κ1) is 20.5. The summed E-state index contributed by atoms with van der Waals surface area (Å²) in [5.41, 5.74) is 1.23. The van der Waals surface area contributed by atoms with Crippen molar-refractivity contribution in [3.05, 3.63) is 42.0 Å². The highest BCUT2D eigenvalue weighted by atomic mass is 32.2. The van der Waals surface area contributed by atoms with E-state index in [1.165, 1.54) is 30.8 Å². The minimum atomic E-state index is -3.79. The quantitative estimate of drug-likeness (QED) is 0.695. The van der Waals surface area contributed by atoms with Gasteiger partial charge in [0.2, 0.25) is 15.9 Å². The van der Waals surface area contributed by atoms with Crippen LogP contribution < -0.4 is 19.5 Å². The van der Waals surface area contributed by atoms with Crippen molar-refractivity contribution in [1.29, 1.82) is 0 Å². The van der Waals surface area contributed by atoms with Gasteiger partial charge in [0.15, 0.2) is 11.5 Å². The summed E-state index contributed by atoms with van der Waals surface area (Å²) < 4.78 is 39.4. The van der Waals surface area contributed by atoms with Crippen molar-refractivity contribution >= 4 is 33.4 Å². The Kier molecular flexibility index (Phi) is 6.17. The number of sulfonamides is 1. The summed E-state index contributed by atoms with van der Waals surface area (Å²) in [5.74, 6) is 0.993. The smallest absolute Gasteiger partial charge is 0.241 e. The fraction of sp³-hybridized carbons (Fsp3) is 0.316. The Morgan fingerprint density at radius 3 is 2.50 bits per heavy atom. The highest BCUT2D eigenvalue weighted by Crippen LogP contribution is 2.33. The molecule has 1 heterocycles. The van der Waals surface area contributed by atoms with E-state index < -0.39 is 16.1 Å². The fourth-order valence-electron chi connectivity index (χ4n) is 2.84. The molecule has 3 rings (SSSR count). The molecule has 0 bridgehead atoms. The Hall–Kier alpha value is -2.23. The van der Waals surface area contributed by atoms with Crippen molar-refractivity contribution in [2.45, 2.75) is 29.7 Å². The molecule has 2 aromatic rings. The van der Waals surface area contributed by atoms with Crippen LogP contribution in [0, 0.1) is 0 Å². The van der Waals surface area contributed by atoms with Crippen molar-refractivity contribution in [3.8, 4) is 11.5 Å². The van der Waals surface area contributed by atoms with Gasteiger partial charge in [0.1, 0.15) is 13.2 Å². The molecule has 150 valence electrons. The van der Waals surface area contributed by atoms with E-state index in [2.05, 4.69) is 10.0 Å². The van der Waals surface area contributed by atoms with Gasteiger partial charge in [-0.15, -0.1) is 11.8 Å². The van der Waals surface area contributed by atoms with Gasteiger partial charge < -0.3 is 14.8 Å². The van der Waals surface area contributed by atoms with E-state index in [1.54, 1.807) is 31.2 Å². The number of nitrogens with one attached hydrogen (secondary N) is 2. The van der Waals surface area contributed by atoms with Gasteiger partial charge in [-0.2, -0.15) is 0 Å². The van der Waals surface area contributed by atoms with E-state index in [0.717, 1.165) is 10.5 Å². The van der Waals surface area contributed by atoms with Crippen LogP contribution in [0.4, 0.5) is 5.69 Å². The van der Waals surface area contributed by atoms with Crippen LogP contribution >= 0.6 is 11.8 Å². The molecule has 2 aromatic carbocycles. The lowest BCUT2D eigenvalue weighted by atomic mass is 10.1. The third-order valence-electron chi connectivity index (χ3n) is 4.19. The zero-order chi connectivity index (χ0) is 20.3. The van der Waals surface area contributed by atoms with Gasteiger partial charge >= 0.3 is 0 Å². The number of carbonyl (C=O) groups excluding carboxylic acids is 1. The summed E-state index contributed by atoms with van der Waals surface area (Å²) in [4.78, 5) is 12.3. The van der Waals surface area contributed by atoms with Crippen molar-refractivity contribution in [2.75, 3.05) is 24.8 Å². The average molecular weight is 423 g/mol. The topological polar surface area (TPSA) is 93.7 Å². The molecule has 0 unspecified atom stereocenters. The first-order chi connectivity index (χ1) is 13.3. The van der Waals surface area contributed by atoms with E-state index in [1.807, 2.05) is 6.26 Å². The SMILES string of the molecule is CSc1ccc(S(=O)(=O)N[C@@H](C)c2ccc3c(c2)OCCO3)cc1NC(C)=O. The van der Waals surface area contributed by atoms with Crippen LogP contribution in [-0.4, -0.2) is 33.8 Å². The monoisotopic (exact) mass is 422 g/mol. The third kappa shape index (κ3) is 4.60. The number of thioether (sulfide) groups is 1. The standard InChI is InChI=1S/C19H22N2O5S2/c1-12(14-4-6-17-18(10-14)26-9-8-25-17)21-28(23,24)15-5-7-19(27-3)16(11-15)20-13(2)22/h4-7,10-12,21H,8-9H2,1-3H3,(H,20,22)/t12-/m0/s1. The van der Waals surface area contributed by atoms with E-state index in [-0.39, 0.29) is 10.8 Å². The molecule has 0 fully saturated rings. The maximum Gasteiger partial charge on any atom is 0.241 e. The molecule has 9 heteroatoms. The number of hydrogen-bond donors (Lipinski definition) is 2. The van der Waals surface area contributed by atoms with Gasteiger partial charge in [-0.1, -0.05) is 6.07 Å². The highest BCUT2D eigenvalue weighted by molar-refractivity contribution is 7.98. The van der Waals surface area contributed by atoms with Crippen LogP contribution in [0.15, 0.2) is 46.2 Å². The van der Waals surface area contributed by atoms with Crippen LogP contribution in [0.5, 0.6) is 11.5 Å². The van der Waals surface area contributed by atoms with Crippen LogP contribution in [0.2, 0.25) is 0 Å². The Balaban J connectivity index is 1.84. The second-order valence-corrected chi connectivity index (χ2v) is 8.85. The van der Waals surface area contributed by atoms with Gasteiger partial charge in [-0.05, 0) is 49.1 Å². The Labute approximate surface area is 168 Å². The third-order valence-corrected chi connectivity index (χ3v) is 6.52. The maximum absolute atomic E-state index is 12.9. The van der Waals surface area contributed by atoms with Gasteiger partial charge in [-0.3, -0.25) is 4.79 Å². The average Bonchev–Trinajstić information content (AvgIpc) is 2.66. The lowest BCUT2D eigenvalue weighted by molar-refractivity contribution is -0.114. The van der Waals surface area contributed by atoms with E-state index >= 15 is 0 Å². The summed E-state index contributed by atoms with van der Waals surface area (Å²) in [6, 6.07) is 9.55. The Bertz CT molecular complexity index is 992. The molecule has 0 radical (unpaired) electrons. The molecular weight excluding hydrogens is 400 g/mol. The van der Waals surface area contributed by atoms with E-state index in [0.29, 0.717) is 30.4 Å². The molecule has 1 amide bonds. The summed E-state index contributed by atoms with van der Waals surface area (Å²) >= 11 is 1.42. The van der Waals surface area contributed by atoms with Gasteiger partial charge in [0, 0.05) is 17.9 Å². The maximum atomic E-state index is 12.9. The van der Waals surface area contributed by atoms with Gasteiger partial charge in [-0.25, -0.2) is 13.1 Å². The minimum Gasteiger partial charge on any atom is -0.486 e. The molecule has 1 atom stereocenters. The zero-order valence-electron chi connectivity index (χ0n) is 15.8. The predicted octanol–water partition coefficient (Wildman–Crippen LogP) is 3.18. The number of ether oxygens (including phenoxy) is 2. The van der Waals surface area contributed by atoms with Crippen molar-refractivity contribution in [3.63, 3.8) is 0 Å². The largest absolute Gasteiger partial charge is 0.486 e. The van der Waals surface area contributed by atoms with Crippen molar-refractivity contribution in [2.24, 2.45) is 0 Å². The van der Waals surface area contributed by atoms with Crippen molar-refractivity contribution < 1.29 is 22.7 Å². The number of carbonyl (C=O) groups is 1.